The Balaban J connectivity index is 1.30. The number of rotatable bonds is 5. The summed E-state index contributed by atoms with van der Waals surface area (Å²) in [5, 5.41) is 5.33. The molecule has 0 unspecified atom stereocenters. The molecule has 2 aliphatic rings. The normalized spacial score (nSPS) is 19.9. The van der Waals surface area contributed by atoms with Crippen molar-refractivity contribution in [2.75, 3.05) is 50.7 Å². The van der Waals surface area contributed by atoms with E-state index < -0.39 is 0 Å². The number of hydrogen-bond acceptors (Lipinski definition) is 6. The molecular formula is C21H30N6OS. The van der Waals surface area contributed by atoms with Gasteiger partial charge in [-0.05, 0) is 49.4 Å². The smallest absolute Gasteiger partial charge is 0.317 e. The Hall–Kier alpha value is -2.19. The Labute approximate surface area is 176 Å². The fourth-order valence-corrected chi connectivity index (χ4v) is 4.95. The summed E-state index contributed by atoms with van der Waals surface area (Å²) in [6.45, 7) is 8.11. The molecule has 4 rings (SSSR count). The Morgan fingerprint density at radius 3 is 2.52 bits per heavy atom. The Kier molecular flexibility index (Phi) is 6.61. The van der Waals surface area contributed by atoms with Crippen LogP contribution in [0.2, 0.25) is 0 Å². The predicted molar refractivity (Wildman–Crippen MR) is 116 cm³/mol. The monoisotopic (exact) mass is 414 g/mol. The third-order valence-corrected chi connectivity index (χ3v) is 6.95. The molecule has 2 aliphatic heterocycles. The van der Waals surface area contributed by atoms with Gasteiger partial charge in [-0.2, -0.15) is 0 Å². The lowest BCUT2D eigenvalue weighted by Gasteiger charge is -2.37. The fourth-order valence-electron chi connectivity index (χ4n) is 4.09. The van der Waals surface area contributed by atoms with E-state index in [-0.39, 0.29) is 12.1 Å². The van der Waals surface area contributed by atoms with Gasteiger partial charge in [0.1, 0.15) is 0 Å². The third kappa shape index (κ3) is 5.05. The van der Waals surface area contributed by atoms with E-state index in [9.17, 15) is 4.79 Å². The van der Waals surface area contributed by atoms with Gasteiger partial charge in [0.15, 0.2) is 0 Å². The average Bonchev–Trinajstić information content (AvgIpc) is 3.30. The Morgan fingerprint density at radius 1 is 1.14 bits per heavy atom. The van der Waals surface area contributed by atoms with Gasteiger partial charge in [-0.15, -0.1) is 11.3 Å². The number of nitrogens with one attached hydrogen (secondary N) is 1. The molecule has 0 aromatic carbocycles. The van der Waals surface area contributed by atoms with Crippen molar-refractivity contribution in [3.63, 3.8) is 0 Å². The molecule has 1 N–H and O–H groups in total. The Bertz CT molecular complexity index is 755. The van der Waals surface area contributed by atoms with E-state index in [1.807, 2.05) is 11.0 Å². The molecule has 1 atom stereocenters. The highest BCUT2D eigenvalue weighted by atomic mass is 32.1. The van der Waals surface area contributed by atoms with Crippen LogP contribution in [0.3, 0.4) is 0 Å². The van der Waals surface area contributed by atoms with E-state index in [1.165, 1.54) is 17.7 Å². The van der Waals surface area contributed by atoms with Crippen molar-refractivity contribution in [1.29, 1.82) is 0 Å². The minimum atomic E-state index is 0.0329. The number of nitrogens with zero attached hydrogens (tertiary/aromatic N) is 5. The maximum Gasteiger partial charge on any atom is 0.317 e. The van der Waals surface area contributed by atoms with Gasteiger partial charge in [0, 0.05) is 50.0 Å². The summed E-state index contributed by atoms with van der Waals surface area (Å²) in [4.78, 5) is 29.3. The van der Waals surface area contributed by atoms with Crippen LogP contribution in [0.25, 0.3) is 0 Å². The summed E-state index contributed by atoms with van der Waals surface area (Å²) < 4.78 is 0. The number of amides is 2. The molecule has 2 saturated heterocycles. The van der Waals surface area contributed by atoms with Crippen LogP contribution < -0.4 is 10.2 Å². The quantitative estimate of drug-likeness (QED) is 0.815. The molecule has 2 aromatic heterocycles. The van der Waals surface area contributed by atoms with Crippen LogP contribution >= 0.6 is 11.3 Å². The molecule has 156 valence electrons. The molecule has 2 amide bonds. The first kappa shape index (κ1) is 20.1. The van der Waals surface area contributed by atoms with Gasteiger partial charge < -0.3 is 15.1 Å². The molecule has 4 heterocycles. The number of carbonyl (C=O) groups is 1. The molecule has 0 spiro atoms. The second kappa shape index (κ2) is 9.54. The zero-order valence-electron chi connectivity index (χ0n) is 17.0. The number of aromatic nitrogens is 2. The topological polar surface area (TPSA) is 64.6 Å². The molecule has 0 bridgehead atoms. The molecule has 2 aromatic rings. The van der Waals surface area contributed by atoms with Crippen molar-refractivity contribution in [2.45, 2.75) is 25.8 Å². The number of piperidine rings is 1. The molecule has 7 nitrogen and oxygen atoms in total. The van der Waals surface area contributed by atoms with E-state index in [0.29, 0.717) is 19.6 Å². The van der Waals surface area contributed by atoms with E-state index in [0.717, 1.165) is 38.0 Å². The molecule has 8 heteroatoms. The fraction of sp³-hybridized carbons (Fsp3) is 0.571. The number of anilines is 1. The van der Waals surface area contributed by atoms with Crippen LogP contribution in [0.1, 0.15) is 30.7 Å². The first-order valence-electron chi connectivity index (χ1n) is 10.5. The second-order valence-corrected chi connectivity index (χ2v) is 8.94. The molecular weight excluding hydrogens is 384 g/mol. The highest BCUT2D eigenvalue weighted by molar-refractivity contribution is 7.10. The van der Waals surface area contributed by atoms with E-state index in [4.69, 9.17) is 0 Å². The second-order valence-electron chi connectivity index (χ2n) is 7.96. The molecule has 29 heavy (non-hydrogen) atoms. The van der Waals surface area contributed by atoms with Crippen molar-refractivity contribution in [3.05, 3.63) is 40.8 Å². The van der Waals surface area contributed by atoms with Crippen molar-refractivity contribution >= 4 is 23.3 Å². The predicted octanol–water partition coefficient (Wildman–Crippen LogP) is 2.84. The lowest BCUT2D eigenvalue weighted by atomic mass is 9.97. The number of piperazine rings is 1. The van der Waals surface area contributed by atoms with Gasteiger partial charge in [0.2, 0.25) is 5.95 Å². The van der Waals surface area contributed by atoms with Crippen molar-refractivity contribution < 1.29 is 4.79 Å². The lowest BCUT2D eigenvalue weighted by Crippen LogP contribution is -2.53. The van der Waals surface area contributed by atoms with Crippen molar-refractivity contribution in [3.8, 4) is 0 Å². The number of hydrogen-bond donors (Lipinski definition) is 1. The van der Waals surface area contributed by atoms with Gasteiger partial charge in [-0.25, -0.2) is 14.8 Å². The molecule has 0 aliphatic carbocycles. The van der Waals surface area contributed by atoms with Gasteiger partial charge in [0.25, 0.3) is 0 Å². The lowest BCUT2D eigenvalue weighted by molar-refractivity contribution is 0.134. The zero-order chi connectivity index (χ0) is 20.1. The number of thiophene rings is 1. The summed E-state index contributed by atoms with van der Waals surface area (Å²) in [6.07, 6.45) is 5.99. The van der Waals surface area contributed by atoms with Crippen molar-refractivity contribution in [2.24, 2.45) is 5.92 Å². The summed E-state index contributed by atoms with van der Waals surface area (Å²) >= 11 is 1.78. The summed E-state index contributed by atoms with van der Waals surface area (Å²) in [6, 6.07) is 6.42. The zero-order valence-corrected chi connectivity index (χ0v) is 17.9. The minimum absolute atomic E-state index is 0.0329. The number of carbonyl (C=O) groups excluding carboxylic acids is 1. The van der Waals surface area contributed by atoms with E-state index in [2.05, 4.69) is 49.5 Å². The van der Waals surface area contributed by atoms with Crippen LogP contribution in [-0.2, 0) is 0 Å². The molecule has 0 saturated carbocycles. The van der Waals surface area contributed by atoms with Crippen LogP contribution in [0, 0.1) is 5.92 Å². The van der Waals surface area contributed by atoms with Gasteiger partial charge in [-0.3, -0.25) is 4.90 Å². The minimum Gasteiger partial charge on any atom is -0.337 e. The largest absolute Gasteiger partial charge is 0.337 e. The highest BCUT2D eigenvalue weighted by Gasteiger charge is 2.27. The van der Waals surface area contributed by atoms with Crippen LogP contribution in [-0.4, -0.2) is 71.6 Å². The first-order chi connectivity index (χ1) is 14.2. The van der Waals surface area contributed by atoms with Crippen LogP contribution in [0.5, 0.6) is 0 Å². The SMILES string of the molecule is CC1CCN([C@@H](CNC(=O)N2CCN(c3ncccn3)CC2)c2cccs2)CC1. The Morgan fingerprint density at radius 2 is 1.86 bits per heavy atom. The maximum absolute atomic E-state index is 12.8. The van der Waals surface area contributed by atoms with Gasteiger partial charge in [-0.1, -0.05) is 13.0 Å². The molecule has 0 radical (unpaired) electrons. The summed E-state index contributed by atoms with van der Waals surface area (Å²) in [5.74, 6) is 1.54. The number of urea groups is 1. The summed E-state index contributed by atoms with van der Waals surface area (Å²) in [5.41, 5.74) is 0. The highest BCUT2D eigenvalue weighted by Crippen LogP contribution is 2.29. The van der Waals surface area contributed by atoms with Crippen LogP contribution in [0.4, 0.5) is 10.7 Å². The van der Waals surface area contributed by atoms with E-state index in [1.54, 1.807) is 23.7 Å². The third-order valence-electron chi connectivity index (χ3n) is 5.98. The van der Waals surface area contributed by atoms with Crippen molar-refractivity contribution in [1.82, 2.24) is 25.1 Å². The standard InChI is InChI=1S/C21H30N6OS/c1-17-5-9-25(10-6-17)18(19-4-2-15-29-19)16-24-21(28)27-13-11-26(12-14-27)20-22-7-3-8-23-20/h2-4,7-8,15,17-18H,5-6,9-14,16H2,1H3,(H,24,28)/t18-/m0/s1. The van der Waals surface area contributed by atoms with Gasteiger partial charge in [0.05, 0.1) is 6.04 Å². The molecule has 2 fully saturated rings. The summed E-state index contributed by atoms with van der Waals surface area (Å²) in [7, 11) is 0. The maximum atomic E-state index is 12.8. The first-order valence-corrected chi connectivity index (χ1v) is 11.4. The van der Waals surface area contributed by atoms with Gasteiger partial charge >= 0.3 is 6.03 Å². The van der Waals surface area contributed by atoms with Crippen LogP contribution in [0.15, 0.2) is 36.0 Å². The number of likely N-dealkylation sites (tertiary alicyclic amines) is 1. The van der Waals surface area contributed by atoms with E-state index >= 15 is 0 Å². The average molecular weight is 415 g/mol.